The Morgan fingerprint density at radius 2 is 1.58 bits per heavy atom. The highest BCUT2D eigenvalue weighted by atomic mass is 35.5. The molecule has 2 rings (SSSR count). The number of hydrogen-bond acceptors (Lipinski definition) is 2. The van der Waals surface area contributed by atoms with E-state index >= 15 is 0 Å². The zero-order valence-corrected chi connectivity index (χ0v) is 21.1. The molecular weight excluding hydrogens is 555 g/mol. The number of alkyl halides is 6. The molecule has 196 valence electrons. The van der Waals surface area contributed by atoms with Crippen LogP contribution in [0.15, 0.2) is 36.4 Å². The summed E-state index contributed by atoms with van der Waals surface area (Å²) in [6.45, 7) is 1.37. The molecule has 12 heteroatoms. The van der Waals surface area contributed by atoms with Gasteiger partial charge in [-0.2, -0.15) is 26.3 Å². The van der Waals surface area contributed by atoms with Crippen molar-refractivity contribution in [2.75, 3.05) is 6.54 Å². The van der Waals surface area contributed by atoms with Crippen LogP contribution < -0.4 is 5.32 Å². The summed E-state index contributed by atoms with van der Waals surface area (Å²) in [6, 6.07) is 6.44. The van der Waals surface area contributed by atoms with Crippen molar-refractivity contribution < 1.29 is 35.9 Å². The normalized spacial score (nSPS) is 14.1. The Morgan fingerprint density at radius 1 is 1.00 bits per heavy atom. The Labute approximate surface area is 218 Å². The van der Waals surface area contributed by atoms with Crippen LogP contribution in [-0.2, 0) is 4.79 Å². The predicted molar refractivity (Wildman–Crippen MR) is 128 cm³/mol. The van der Waals surface area contributed by atoms with Crippen molar-refractivity contribution in [2.45, 2.75) is 38.5 Å². The zero-order chi connectivity index (χ0) is 27.4. The predicted octanol–water partition coefficient (Wildman–Crippen LogP) is 8.20. The Balaban J connectivity index is 2.19. The summed E-state index contributed by atoms with van der Waals surface area (Å²) >= 11 is 17.6. The van der Waals surface area contributed by atoms with Gasteiger partial charge in [0.1, 0.15) is 6.54 Å². The van der Waals surface area contributed by atoms with Gasteiger partial charge >= 0.3 is 12.4 Å². The molecule has 36 heavy (non-hydrogen) atoms. The molecule has 1 amide bonds. The summed E-state index contributed by atoms with van der Waals surface area (Å²) in [6.07, 6.45) is -7.43. The van der Waals surface area contributed by atoms with E-state index in [0.717, 1.165) is 18.2 Å². The van der Waals surface area contributed by atoms with Gasteiger partial charge in [0, 0.05) is 17.9 Å². The molecule has 1 unspecified atom stereocenters. The third-order valence-corrected chi connectivity index (χ3v) is 6.35. The van der Waals surface area contributed by atoms with E-state index in [1.165, 1.54) is 31.2 Å². The van der Waals surface area contributed by atoms with E-state index in [1.54, 1.807) is 12.2 Å². The number of amides is 1. The molecule has 0 saturated heterocycles. The van der Waals surface area contributed by atoms with Crippen molar-refractivity contribution in [3.8, 4) is 0 Å². The fourth-order valence-electron chi connectivity index (χ4n) is 3.32. The van der Waals surface area contributed by atoms with Crippen LogP contribution in [0.25, 0.3) is 6.08 Å². The molecule has 0 aromatic heterocycles. The molecule has 1 N–H and O–H groups in total. The summed E-state index contributed by atoms with van der Waals surface area (Å²) in [4.78, 5) is 24.4. The summed E-state index contributed by atoms with van der Waals surface area (Å²) < 4.78 is 77.9. The first-order valence-corrected chi connectivity index (χ1v) is 11.5. The van der Waals surface area contributed by atoms with E-state index < -0.39 is 42.4 Å². The highest BCUT2D eigenvalue weighted by Crippen LogP contribution is 2.41. The number of carbonyl (C=O) groups excluding carboxylic acids is 2. The van der Waals surface area contributed by atoms with Crippen LogP contribution >= 0.6 is 34.8 Å². The fraction of sp³-hybridized carbons (Fsp3) is 0.333. The second kappa shape index (κ2) is 11.9. The number of carbonyl (C=O) groups is 2. The average molecular weight is 575 g/mol. The number of ketones is 1. The van der Waals surface area contributed by atoms with E-state index in [1.807, 2.05) is 0 Å². The minimum Gasteiger partial charge on any atom is -0.347 e. The van der Waals surface area contributed by atoms with Gasteiger partial charge in [-0.05, 0) is 35.7 Å². The second-order valence-electron chi connectivity index (χ2n) is 8.11. The molecule has 0 saturated carbocycles. The molecule has 0 aliphatic heterocycles. The maximum absolute atomic E-state index is 13.7. The molecule has 0 fully saturated rings. The van der Waals surface area contributed by atoms with Crippen molar-refractivity contribution in [1.82, 2.24) is 5.32 Å². The lowest BCUT2D eigenvalue weighted by Gasteiger charge is -2.18. The standard InChI is InChI=1S/C24H20Cl3F6NO2/c1-12-7-14(3-5-16(12)20(35)8-13(2)22(36)34-11-23(28,29)30)4-6-17(24(31,32)33)15-9-18(25)21(27)19(26)10-15/h3-7,9-10,13,17H,8,11H2,1-2H3,(H,34,36)/b6-4+/t13-,17?/m1/s1. The number of hydrogen-bond donors (Lipinski definition) is 1. The third-order valence-electron chi connectivity index (χ3n) is 5.15. The summed E-state index contributed by atoms with van der Waals surface area (Å²) in [5, 5.41) is 1.42. The van der Waals surface area contributed by atoms with Crippen LogP contribution in [0.5, 0.6) is 0 Å². The van der Waals surface area contributed by atoms with Crippen molar-refractivity contribution >= 4 is 52.6 Å². The molecule has 0 aliphatic carbocycles. The van der Waals surface area contributed by atoms with Gasteiger partial charge in [0.15, 0.2) is 5.78 Å². The molecule has 0 heterocycles. The van der Waals surface area contributed by atoms with Gasteiger partial charge < -0.3 is 5.32 Å². The Kier molecular flexibility index (Phi) is 9.90. The monoisotopic (exact) mass is 573 g/mol. The van der Waals surface area contributed by atoms with E-state index in [4.69, 9.17) is 34.8 Å². The zero-order valence-electron chi connectivity index (χ0n) is 18.8. The Bertz CT molecular complexity index is 1140. The number of halogens is 9. The van der Waals surface area contributed by atoms with Gasteiger partial charge in [0.2, 0.25) is 5.91 Å². The maximum atomic E-state index is 13.7. The molecule has 2 atom stereocenters. The lowest BCUT2D eigenvalue weighted by Crippen LogP contribution is -2.37. The first-order chi connectivity index (χ1) is 16.5. The molecule has 2 aromatic rings. The first kappa shape index (κ1) is 30.0. The highest BCUT2D eigenvalue weighted by molar-refractivity contribution is 6.48. The Morgan fingerprint density at radius 3 is 2.08 bits per heavy atom. The molecule has 3 nitrogen and oxygen atoms in total. The topological polar surface area (TPSA) is 46.2 Å². The van der Waals surface area contributed by atoms with Crippen molar-refractivity contribution in [3.05, 3.63) is 73.7 Å². The van der Waals surface area contributed by atoms with E-state index in [-0.39, 0.29) is 32.6 Å². The van der Waals surface area contributed by atoms with Gasteiger partial charge in [0.05, 0.1) is 21.0 Å². The van der Waals surface area contributed by atoms with Crippen LogP contribution in [-0.4, -0.2) is 30.6 Å². The minimum atomic E-state index is -4.66. The van der Waals surface area contributed by atoms with Gasteiger partial charge in [-0.3, -0.25) is 9.59 Å². The lowest BCUT2D eigenvalue weighted by molar-refractivity contribution is -0.140. The number of nitrogens with one attached hydrogen (secondary N) is 1. The Hall–Kier alpha value is -2.23. The number of Topliss-reactive ketones (excluding diaryl/α,β-unsaturated/α-hetero) is 1. The number of benzene rings is 2. The van der Waals surface area contributed by atoms with Crippen molar-refractivity contribution in [3.63, 3.8) is 0 Å². The van der Waals surface area contributed by atoms with Gasteiger partial charge in [0.25, 0.3) is 0 Å². The van der Waals surface area contributed by atoms with Crippen LogP contribution in [0.1, 0.15) is 46.3 Å². The molecule has 0 bridgehead atoms. The largest absolute Gasteiger partial charge is 0.405 e. The van der Waals surface area contributed by atoms with Crippen molar-refractivity contribution in [2.24, 2.45) is 5.92 Å². The van der Waals surface area contributed by atoms with Gasteiger partial charge in [-0.15, -0.1) is 0 Å². The van der Waals surface area contributed by atoms with E-state index in [0.29, 0.717) is 11.1 Å². The van der Waals surface area contributed by atoms with Crippen LogP contribution in [0, 0.1) is 12.8 Å². The van der Waals surface area contributed by atoms with Crippen LogP contribution in [0.2, 0.25) is 15.1 Å². The highest BCUT2D eigenvalue weighted by Gasteiger charge is 2.39. The lowest BCUT2D eigenvalue weighted by atomic mass is 9.94. The summed E-state index contributed by atoms with van der Waals surface area (Å²) in [5.74, 6) is -4.46. The summed E-state index contributed by atoms with van der Waals surface area (Å²) in [7, 11) is 0. The average Bonchev–Trinajstić information content (AvgIpc) is 2.74. The van der Waals surface area contributed by atoms with E-state index in [9.17, 15) is 35.9 Å². The van der Waals surface area contributed by atoms with Crippen LogP contribution in [0.4, 0.5) is 26.3 Å². The molecule has 0 aliphatic rings. The molecular formula is C24H20Cl3F6NO2. The molecule has 2 aromatic carbocycles. The first-order valence-electron chi connectivity index (χ1n) is 10.4. The molecule has 0 radical (unpaired) electrons. The summed E-state index contributed by atoms with van der Waals surface area (Å²) in [5.41, 5.74) is 0.775. The third kappa shape index (κ3) is 8.42. The second-order valence-corrected chi connectivity index (χ2v) is 9.30. The van der Waals surface area contributed by atoms with Gasteiger partial charge in [-0.25, -0.2) is 0 Å². The minimum absolute atomic E-state index is 0.0602. The van der Waals surface area contributed by atoms with E-state index in [2.05, 4.69) is 0 Å². The quantitative estimate of drug-likeness (QED) is 0.196. The molecule has 0 spiro atoms. The van der Waals surface area contributed by atoms with Crippen LogP contribution in [0.3, 0.4) is 0 Å². The maximum Gasteiger partial charge on any atom is 0.405 e. The smallest absolute Gasteiger partial charge is 0.347 e. The number of rotatable bonds is 8. The number of allylic oxidation sites excluding steroid dienone is 1. The fourth-order valence-corrected chi connectivity index (χ4v) is 3.93. The number of aryl methyl sites for hydroxylation is 1. The van der Waals surface area contributed by atoms with Gasteiger partial charge in [-0.1, -0.05) is 72.1 Å². The van der Waals surface area contributed by atoms with Crippen molar-refractivity contribution in [1.29, 1.82) is 0 Å². The SMILES string of the molecule is Cc1cc(/C=C/C(c2cc(Cl)c(Cl)c(Cl)c2)C(F)(F)F)ccc1C(=O)C[C@@H](C)C(=O)NCC(F)(F)F.